The van der Waals surface area contributed by atoms with Crippen LogP contribution in [0.5, 0.6) is 11.5 Å². The second-order valence-corrected chi connectivity index (χ2v) is 6.56. The van der Waals surface area contributed by atoms with E-state index in [9.17, 15) is 0 Å². The van der Waals surface area contributed by atoms with Crippen LogP contribution in [-0.2, 0) is 0 Å². The first kappa shape index (κ1) is 18.1. The molecular weight excluding hydrogens is 384 g/mol. The van der Waals surface area contributed by atoms with Gasteiger partial charge in [0.25, 0.3) is 5.89 Å². The minimum atomic E-state index is -0.525. The molecule has 0 aliphatic carbocycles. The number of hydrogen-bond donors (Lipinski definition) is 2. The molecule has 0 fully saturated rings. The van der Waals surface area contributed by atoms with Crippen molar-refractivity contribution in [3.05, 3.63) is 72.3 Å². The van der Waals surface area contributed by atoms with Crippen molar-refractivity contribution in [1.82, 2.24) is 20.2 Å². The van der Waals surface area contributed by atoms with Crippen LogP contribution >= 0.6 is 0 Å². The van der Waals surface area contributed by atoms with Crippen molar-refractivity contribution in [2.45, 2.75) is 6.04 Å². The molecule has 0 amide bonds. The van der Waals surface area contributed by atoms with Gasteiger partial charge in [0.05, 0.1) is 23.0 Å². The normalized spacial score (nSPS) is 13.6. The lowest BCUT2D eigenvalue weighted by atomic mass is 10.0. The zero-order chi connectivity index (χ0) is 20.3. The van der Waals surface area contributed by atoms with E-state index in [1.54, 1.807) is 18.5 Å². The van der Waals surface area contributed by atoms with E-state index in [1.165, 1.54) is 0 Å². The number of ether oxygens (including phenoxy) is 2. The van der Waals surface area contributed by atoms with Crippen LogP contribution in [0, 0.1) is 0 Å². The summed E-state index contributed by atoms with van der Waals surface area (Å²) in [4.78, 5) is 8.75. The highest BCUT2D eigenvalue weighted by atomic mass is 16.6. The van der Waals surface area contributed by atoms with Gasteiger partial charge in [-0.25, -0.2) is 0 Å². The third-order valence-electron chi connectivity index (χ3n) is 4.59. The maximum Gasteiger partial charge on any atom is 0.320 e. The molecule has 1 aliphatic heterocycles. The Morgan fingerprint density at radius 3 is 2.63 bits per heavy atom. The van der Waals surface area contributed by atoms with Crippen LogP contribution < -0.4 is 20.5 Å². The van der Waals surface area contributed by atoms with Gasteiger partial charge in [-0.2, -0.15) is 0 Å². The summed E-state index contributed by atoms with van der Waals surface area (Å²) >= 11 is 0. The number of nitrogens with two attached hydrogens (primary N) is 1. The standard InChI is InChI=1S/C21H18N6O3/c22-18(15-5-1-2-8-23-15)19-14(4-3-9-24-19)20-26-27-21(30-20)25-13-6-7-16-17(12-13)29-11-10-28-16/h1-9,12,18H,10-11,22H2,(H,25,27). The van der Waals surface area contributed by atoms with Gasteiger partial charge in [0.2, 0.25) is 0 Å². The Labute approximate surface area is 171 Å². The average Bonchev–Trinajstić information content (AvgIpc) is 3.27. The van der Waals surface area contributed by atoms with Gasteiger partial charge in [0.15, 0.2) is 11.5 Å². The number of benzene rings is 1. The van der Waals surface area contributed by atoms with Crippen LogP contribution in [0.15, 0.2) is 65.3 Å². The fourth-order valence-electron chi connectivity index (χ4n) is 3.17. The molecule has 1 aliphatic rings. The van der Waals surface area contributed by atoms with E-state index in [1.807, 2.05) is 42.5 Å². The predicted molar refractivity (Wildman–Crippen MR) is 109 cm³/mol. The van der Waals surface area contributed by atoms with Crippen molar-refractivity contribution in [1.29, 1.82) is 0 Å². The highest BCUT2D eigenvalue weighted by Crippen LogP contribution is 2.34. The maximum atomic E-state index is 6.39. The van der Waals surface area contributed by atoms with E-state index in [0.717, 1.165) is 5.69 Å². The molecule has 3 aromatic heterocycles. The highest BCUT2D eigenvalue weighted by molar-refractivity contribution is 5.62. The molecule has 4 aromatic rings. The molecule has 150 valence electrons. The number of aromatic nitrogens is 4. The topological polar surface area (TPSA) is 121 Å². The first-order valence-corrected chi connectivity index (χ1v) is 9.40. The smallest absolute Gasteiger partial charge is 0.320 e. The fourth-order valence-corrected chi connectivity index (χ4v) is 3.17. The molecule has 0 radical (unpaired) electrons. The Balaban J connectivity index is 1.41. The SMILES string of the molecule is NC(c1ccccn1)c1ncccc1-c1nnc(Nc2ccc3c(c2)OCCO3)o1. The third-order valence-corrected chi connectivity index (χ3v) is 4.59. The van der Waals surface area contributed by atoms with Crippen molar-refractivity contribution in [3.63, 3.8) is 0 Å². The highest BCUT2D eigenvalue weighted by Gasteiger charge is 2.20. The van der Waals surface area contributed by atoms with Crippen molar-refractivity contribution >= 4 is 11.7 Å². The molecule has 1 aromatic carbocycles. The van der Waals surface area contributed by atoms with Crippen molar-refractivity contribution in [3.8, 4) is 23.0 Å². The van der Waals surface area contributed by atoms with Crippen molar-refractivity contribution < 1.29 is 13.9 Å². The van der Waals surface area contributed by atoms with E-state index in [-0.39, 0.29) is 6.01 Å². The molecule has 9 nitrogen and oxygen atoms in total. The summed E-state index contributed by atoms with van der Waals surface area (Å²) < 4.78 is 17.0. The molecule has 0 spiro atoms. The van der Waals surface area contributed by atoms with Gasteiger partial charge in [-0.15, -0.1) is 5.10 Å². The van der Waals surface area contributed by atoms with Crippen LogP contribution in [0.25, 0.3) is 11.5 Å². The summed E-state index contributed by atoms with van der Waals surface area (Å²) in [5.41, 5.74) is 9.09. The molecular formula is C21H18N6O3. The number of pyridine rings is 2. The average molecular weight is 402 g/mol. The molecule has 5 rings (SSSR count). The Bertz CT molecular complexity index is 1160. The molecule has 4 heterocycles. The summed E-state index contributed by atoms with van der Waals surface area (Å²) in [6, 6.07) is 14.4. The number of nitrogens with zero attached hydrogens (tertiary/aromatic N) is 4. The van der Waals surface area contributed by atoms with Crippen LogP contribution in [0.4, 0.5) is 11.7 Å². The predicted octanol–water partition coefficient (Wildman–Crippen LogP) is 3.09. The Morgan fingerprint density at radius 1 is 0.900 bits per heavy atom. The number of anilines is 2. The van der Waals surface area contributed by atoms with E-state index in [0.29, 0.717) is 47.6 Å². The first-order chi connectivity index (χ1) is 14.8. The van der Waals surface area contributed by atoms with Crippen LogP contribution in [0.2, 0.25) is 0 Å². The molecule has 9 heteroatoms. The zero-order valence-electron chi connectivity index (χ0n) is 15.9. The van der Waals surface area contributed by atoms with Gasteiger partial charge < -0.3 is 24.9 Å². The lowest BCUT2D eigenvalue weighted by Crippen LogP contribution is -2.16. The fraction of sp³-hybridized carbons (Fsp3) is 0.143. The molecule has 0 saturated heterocycles. The van der Waals surface area contributed by atoms with E-state index < -0.39 is 6.04 Å². The van der Waals surface area contributed by atoms with Gasteiger partial charge in [-0.3, -0.25) is 9.97 Å². The van der Waals surface area contributed by atoms with Gasteiger partial charge in [-0.05, 0) is 36.4 Å². The molecule has 3 N–H and O–H groups in total. The minimum Gasteiger partial charge on any atom is -0.486 e. The van der Waals surface area contributed by atoms with Gasteiger partial charge >= 0.3 is 6.01 Å². The second-order valence-electron chi connectivity index (χ2n) is 6.56. The number of rotatable bonds is 5. The van der Waals surface area contributed by atoms with Crippen LogP contribution in [-0.4, -0.2) is 33.4 Å². The van der Waals surface area contributed by atoms with Crippen LogP contribution in [0.1, 0.15) is 17.4 Å². The van der Waals surface area contributed by atoms with Crippen LogP contribution in [0.3, 0.4) is 0 Å². The monoisotopic (exact) mass is 402 g/mol. The summed E-state index contributed by atoms with van der Waals surface area (Å²) in [5, 5.41) is 11.3. The van der Waals surface area contributed by atoms with Gasteiger partial charge in [-0.1, -0.05) is 11.2 Å². The van der Waals surface area contributed by atoms with Gasteiger partial charge in [0.1, 0.15) is 13.2 Å². The van der Waals surface area contributed by atoms with Crippen molar-refractivity contribution in [2.24, 2.45) is 5.73 Å². The number of nitrogens with one attached hydrogen (secondary N) is 1. The molecule has 1 atom stereocenters. The molecule has 0 saturated carbocycles. The third kappa shape index (κ3) is 3.53. The lowest BCUT2D eigenvalue weighted by Gasteiger charge is -2.18. The number of hydrogen-bond acceptors (Lipinski definition) is 9. The van der Waals surface area contributed by atoms with E-state index in [4.69, 9.17) is 19.6 Å². The Kier molecular flexibility index (Phi) is 4.70. The summed E-state index contributed by atoms with van der Waals surface area (Å²) in [6.07, 6.45) is 3.37. The lowest BCUT2D eigenvalue weighted by molar-refractivity contribution is 0.171. The molecule has 0 bridgehead atoms. The van der Waals surface area contributed by atoms with E-state index >= 15 is 0 Å². The minimum absolute atomic E-state index is 0.239. The van der Waals surface area contributed by atoms with Gasteiger partial charge in [0, 0.05) is 24.1 Å². The Morgan fingerprint density at radius 2 is 1.77 bits per heavy atom. The Hall–Kier alpha value is -3.98. The largest absolute Gasteiger partial charge is 0.486 e. The summed E-state index contributed by atoms with van der Waals surface area (Å²) in [5.74, 6) is 1.69. The quantitative estimate of drug-likeness (QED) is 0.518. The van der Waals surface area contributed by atoms with E-state index in [2.05, 4.69) is 25.5 Å². The molecule has 1 unspecified atom stereocenters. The first-order valence-electron chi connectivity index (χ1n) is 9.40. The molecule has 30 heavy (non-hydrogen) atoms. The zero-order valence-corrected chi connectivity index (χ0v) is 15.9. The second kappa shape index (κ2) is 7.80. The number of fused-ring (bicyclic) bond motifs is 1. The summed E-state index contributed by atoms with van der Waals surface area (Å²) in [6.45, 7) is 1.06. The maximum absolute atomic E-state index is 6.39. The van der Waals surface area contributed by atoms with Crippen molar-refractivity contribution in [2.75, 3.05) is 18.5 Å². The summed E-state index contributed by atoms with van der Waals surface area (Å²) in [7, 11) is 0.